The second-order valence-corrected chi connectivity index (χ2v) is 5.97. The second kappa shape index (κ2) is 5.09. The van der Waals surface area contributed by atoms with Crippen molar-refractivity contribution in [1.29, 1.82) is 0 Å². The predicted molar refractivity (Wildman–Crippen MR) is 84.8 cm³/mol. The molecule has 1 aliphatic heterocycles. The molecule has 2 heterocycles. The van der Waals surface area contributed by atoms with Crippen LogP contribution in [0.4, 0.5) is 0 Å². The van der Waals surface area contributed by atoms with Gasteiger partial charge in [0, 0.05) is 18.0 Å². The maximum absolute atomic E-state index is 13.0. The Bertz CT molecular complexity index is 743. The number of rotatable bonds is 1. The number of ketones is 1. The number of aromatic nitrogens is 1. The number of nitrogens with zero attached hydrogens (tertiary/aromatic N) is 1. The van der Waals surface area contributed by atoms with Crippen LogP contribution in [0.5, 0.6) is 5.75 Å². The Morgan fingerprint density at radius 1 is 1.09 bits per heavy atom. The fourth-order valence-electron chi connectivity index (χ4n) is 3.50. The third-order valence-corrected chi connectivity index (χ3v) is 4.58. The molecule has 0 saturated heterocycles. The van der Waals surface area contributed by atoms with Gasteiger partial charge in [0.25, 0.3) is 0 Å². The molecule has 0 N–H and O–H groups in total. The van der Waals surface area contributed by atoms with Crippen LogP contribution in [-0.4, -0.2) is 16.4 Å². The molecule has 3 heteroatoms. The molecule has 1 spiro atoms. The smallest absolute Gasteiger partial charge is 0.196 e. The summed E-state index contributed by atoms with van der Waals surface area (Å²) in [6, 6.07) is 11.4. The van der Waals surface area contributed by atoms with Crippen molar-refractivity contribution in [2.75, 3.05) is 0 Å². The van der Waals surface area contributed by atoms with Gasteiger partial charge < -0.3 is 4.74 Å². The summed E-state index contributed by atoms with van der Waals surface area (Å²) < 4.78 is 6.33. The van der Waals surface area contributed by atoms with Crippen molar-refractivity contribution in [2.24, 2.45) is 0 Å². The summed E-state index contributed by atoms with van der Waals surface area (Å²) in [6.07, 6.45) is 9.47. The number of pyridine rings is 1. The van der Waals surface area contributed by atoms with E-state index in [0.717, 1.165) is 42.6 Å². The second-order valence-electron chi connectivity index (χ2n) is 5.97. The highest BCUT2D eigenvalue weighted by atomic mass is 16.5. The zero-order valence-corrected chi connectivity index (χ0v) is 12.3. The number of benzene rings is 1. The monoisotopic (exact) mass is 291 g/mol. The minimum absolute atomic E-state index is 0.0904. The number of hydrogen-bond donors (Lipinski definition) is 0. The van der Waals surface area contributed by atoms with Crippen LogP contribution in [0.2, 0.25) is 0 Å². The fraction of sp³-hybridized carbons (Fsp3) is 0.263. The molecule has 1 aromatic carbocycles. The average molecular weight is 291 g/mol. The van der Waals surface area contributed by atoms with Crippen LogP contribution in [0.3, 0.4) is 0 Å². The van der Waals surface area contributed by atoms with Crippen LogP contribution in [0.1, 0.15) is 41.6 Å². The largest absolute Gasteiger partial charge is 0.482 e. The number of hydrogen-bond acceptors (Lipinski definition) is 3. The van der Waals surface area contributed by atoms with Crippen molar-refractivity contribution >= 4 is 11.9 Å². The minimum Gasteiger partial charge on any atom is -0.482 e. The van der Waals surface area contributed by atoms with E-state index in [4.69, 9.17) is 4.74 Å². The molecule has 1 saturated carbocycles. The third kappa shape index (κ3) is 2.05. The average Bonchev–Trinajstić information content (AvgIpc) is 3.02. The highest BCUT2D eigenvalue weighted by Crippen LogP contribution is 2.46. The number of fused-ring (bicyclic) bond motifs is 1. The molecule has 3 nitrogen and oxygen atoms in total. The SMILES string of the molecule is O=C1C(=Cc2cccnc2)C2(CCCC2)Oc2ccccc21. The molecule has 1 fully saturated rings. The summed E-state index contributed by atoms with van der Waals surface area (Å²) in [6.45, 7) is 0. The van der Waals surface area contributed by atoms with Gasteiger partial charge in [-0.15, -0.1) is 0 Å². The molecule has 2 aromatic rings. The lowest BCUT2D eigenvalue weighted by Gasteiger charge is -2.37. The van der Waals surface area contributed by atoms with Gasteiger partial charge in [0.15, 0.2) is 5.78 Å². The topological polar surface area (TPSA) is 39.2 Å². The van der Waals surface area contributed by atoms with E-state index in [1.165, 1.54) is 0 Å². The Hall–Kier alpha value is -2.42. The van der Waals surface area contributed by atoms with Crippen LogP contribution >= 0.6 is 0 Å². The summed E-state index contributed by atoms with van der Waals surface area (Å²) in [5, 5.41) is 0. The summed E-state index contributed by atoms with van der Waals surface area (Å²) in [4.78, 5) is 17.2. The van der Waals surface area contributed by atoms with Crippen LogP contribution in [0.15, 0.2) is 54.4 Å². The first kappa shape index (κ1) is 13.3. The number of ether oxygens (including phenoxy) is 1. The summed E-state index contributed by atoms with van der Waals surface area (Å²) in [5.41, 5.74) is 1.92. The van der Waals surface area contributed by atoms with Gasteiger partial charge >= 0.3 is 0 Å². The van der Waals surface area contributed by atoms with E-state index >= 15 is 0 Å². The zero-order valence-electron chi connectivity index (χ0n) is 12.3. The van der Waals surface area contributed by atoms with Gasteiger partial charge in [0.1, 0.15) is 11.4 Å². The highest BCUT2D eigenvalue weighted by molar-refractivity contribution is 6.15. The van der Waals surface area contributed by atoms with Crippen molar-refractivity contribution in [3.63, 3.8) is 0 Å². The Balaban J connectivity index is 1.87. The van der Waals surface area contributed by atoms with E-state index in [0.29, 0.717) is 5.56 Å². The summed E-state index contributed by atoms with van der Waals surface area (Å²) in [5.74, 6) is 0.810. The van der Waals surface area contributed by atoms with E-state index < -0.39 is 5.60 Å². The lowest BCUT2D eigenvalue weighted by molar-refractivity contribution is 0.0764. The summed E-state index contributed by atoms with van der Waals surface area (Å²) >= 11 is 0. The predicted octanol–water partition coefficient (Wildman–Crippen LogP) is 4.05. The Labute approximate surface area is 129 Å². The van der Waals surface area contributed by atoms with Gasteiger partial charge in [0.2, 0.25) is 0 Å². The van der Waals surface area contributed by atoms with Crippen molar-refractivity contribution in [3.05, 3.63) is 65.5 Å². The molecular formula is C19H17NO2. The molecule has 0 radical (unpaired) electrons. The Morgan fingerprint density at radius 2 is 1.91 bits per heavy atom. The van der Waals surface area contributed by atoms with E-state index in [1.54, 1.807) is 12.4 Å². The van der Waals surface area contributed by atoms with E-state index in [2.05, 4.69) is 4.98 Å². The quantitative estimate of drug-likeness (QED) is 0.744. The van der Waals surface area contributed by atoms with Gasteiger partial charge in [-0.3, -0.25) is 9.78 Å². The standard InChI is InChI=1S/C19H17NO2/c21-18-15-7-1-2-8-17(15)22-19(9-3-4-10-19)16(18)12-14-6-5-11-20-13-14/h1-2,5-8,11-13H,3-4,9-10H2. The van der Waals surface area contributed by atoms with E-state index in [-0.39, 0.29) is 5.78 Å². The molecule has 4 rings (SSSR count). The van der Waals surface area contributed by atoms with Crippen molar-refractivity contribution in [1.82, 2.24) is 4.98 Å². The molecule has 1 aliphatic carbocycles. The van der Waals surface area contributed by atoms with Gasteiger partial charge in [-0.1, -0.05) is 18.2 Å². The lowest BCUT2D eigenvalue weighted by Crippen LogP contribution is -2.42. The van der Waals surface area contributed by atoms with Crippen molar-refractivity contribution < 1.29 is 9.53 Å². The molecule has 0 amide bonds. The van der Waals surface area contributed by atoms with Crippen molar-refractivity contribution in [2.45, 2.75) is 31.3 Å². The lowest BCUT2D eigenvalue weighted by atomic mass is 9.82. The maximum Gasteiger partial charge on any atom is 0.196 e. The molecule has 2 aliphatic rings. The van der Waals surface area contributed by atoms with Crippen LogP contribution in [-0.2, 0) is 0 Å². The summed E-state index contributed by atoms with van der Waals surface area (Å²) in [7, 11) is 0. The molecular weight excluding hydrogens is 274 g/mol. The number of carbonyl (C=O) groups excluding carboxylic acids is 1. The van der Waals surface area contributed by atoms with Gasteiger partial charge in [0.05, 0.1) is 5.56 Å². The van der Waals surface area contributed by atoms with Gasteiger partial charge in [-0.25, -0.2) is 0 Å². The highest BCUT2D eigenvalue weighted by Gasteiger charge is 2.46. The Kier molecular flexibility index (Phi) is 3.07. The first-order chi connectivity index (χ1) is 10.8. The number of Topliss-reactive ketones (excluding diaryl/α,β-unsaturated/α-hetero) is 1. The minimum atomic E-state index is -0.457. The Morgan fingerprint density at radius 3 is 2.68 bits per heavy atom. The molecule has 0 atom stereocenters. The molecule has 0 unspecified atom stereocenters. The van der Waals surface area contributed by atoms with Crippen LogP contribution < -0.4 is 4.74 Å². The van der Waals surface area contributed by atoms with Gasteiger partial charge in [-0.05, 0) is 55.5 Å². The molecule has 0 bridgehead atoms. The maximum atomic E-state index is 13.0. The van der Waals surface area contributed by atoms with Crippen LogP contribution in [0.25, 0.3) is 6.08 Å². The van der Waals surface area contributed by atoms with Crippen molar-refractivity contribution in [3.8, 4) is 5.75 Å². The molecule has 1 aromatic heterocycles. The third-order valence-electron chi connectivity index (χ3n) is 4.58. The van der Waals surface area contributed by atoms with Crippen LogP contribution in [0, 0.1) is 0 Å². The first-order valence-electron chi connectivity index (χ1n) is 7.73. The van der Waals surface area contributed by atoms with Gasteiger partial charge in [-0.2, -0.15) is 0 Å². The zero-order chi connectivity index (χ0) is 15.0. The van der Waals surface area contributed by atoms with E-state index in [1.807, 2.05) is 42.5 Å². The molecule has 110 valence electrons. The molecule has 22 heavy (non-hydrogen) atoms. The number of para-hydroxylation sites is 1. The number of carbonyl (C=O) groups is 1. The fourth-order valence-corrected chi connectivity index (χ4v) is 3.50. The van der Waals surface area contributed by atoms with E-state index in [9.17, 15) is 4.79 Å². The first-order valence-corrected chi connectivity index (χ1v) is 7.73. The normalized spacial score (nSPS) is 20.9.